The van der Waals surface area contributed by atoms with Crippen LogP contribution in [0, 0.1) is 5.92 Å². The van der Waals surface area contributed by atoms with Crippen molar-refractivity contribution in [3.63, 3.8) is 0 Å². The lowest BCUT2D eigenvalue weighted by atomic mass is 10.1. The van der Waals surface area contributed by atoms with E-state index in [-0.39, 0.29) is 29.7 Å². The third-order valence-corrected chi connectivity index (χ3v) is 5.09. The molecule has 0 spiro atoms. The number of nitrogens with zero attached hydrogens (tertiary/aromatic N) is 1. The van der Waals surface area contributed by atoms with Gasteiger partial charge in [-0.2, -0.15) is 0 Å². The smallest absolute Gasteiger partial charge is 0.227 e. The molecule has 2 aliphatic rings. The van der Waals surface area contributed by atoms with Gasteiger partial charge >= 0.3 is 0 Å². The van der Waals surface area contributed by atoms with E-state index in [4.69, 9.17) is 9.47 Å². The van der Waals surface area contributed by atoms with Gasteiger partial charge in [0.25, 0.3) is 0 Å². The van der Waals surface area contributed by atoms with Crippen molar-refractivity contribution >= 4 is 17.5 Å². The van der Waals surface area contributed by atoms with Crippen LogP contribution in [0.25, 0.3) is 0 Å². The number of aromatic hydroxyl groups is 2. The minimum absolute atomic E-state index is 0.106. The number of anilines is 1. The van der Waals surface area contributed by atoms with Gasteiger partial charge in [-0.15, -0.1) is 0 Å². The molecule has 0 aromatic heterocycles. The lowest BCUT2D eigenvalue weighted by Crippen LogP contribution is -2.34. The Morgan fingerprint density at radius 2 is 1.86 bits per heavy atom. The minimum Gasteiger partial charge on any atom is -0.504 e. The summed E-state index contributed by atoms with van der Waals surface area (Å²) in [6.45, 7) is 1.65. The van der Waals surface area contributed by atoms with Crippen LogP contribution in [0.4, 0.5) is 5.69 Å². The van der Waals surface area contributed by atoms with Gasteiger partial charge in [0.2, 0.25) is 11.8 Å². The summed E-state index contributed by atoms with van der Waals surface area (Å²) in [5.74, 6) is 0.176. The molecule has 0 saturated carbocycles. The molecule has 29 heavy (non-hydrogen) atoms. The van der Waals surface area contributed by atoms with E-state index in [0.29, 0.717) is 49.9 Å². The number of phenolic OH excluding ortho intramolecular Hbond substituents is 2. The summed E-state index contributed by atoms with van der Waals surface area (Å²) in [5, 5.41) is 21.7. The summed E-state index contributed by atoms with van der Waals surface area (Å²) < 4.78 is 11.1. The average Bonchev–Trinajstić information content (AvgIpc) is 3.12. The monoisotopic (exact) mass is 398 g/mol. The quantitative estimate of drug-likeness (QED) is 0.660. The summed E-state index contributed by atoms with van der Waals surface area (Å²) in [7, 11) is 0. The maximum Gasteiger partial charge on any atom is 0.227 e. The van der Waals surface area contributed by atoms with E-state index in [1.807, 2.05) is 0 Å². The number of fused-ring (bicyclic) bond motifs is 1. The third-order valence-electron chi connectivity index (χ3n) is 5.09. The van der Waals surface area contributed by atoms with Crippen molar-refractivity contribution < 1.29 is 29.3 Å². The Balaban J connectivity index is 1.33. The molecule has 1 fully saturated rings. The highest BCUT2D eigenvalue weighted by Crippen LogP contribution is 2.36. The maximum absolute atomic E-state index is 12.5. The molecule has 8 nitrogen and oxygen atoms in total. The topological polar surface area (TPSA) is 108 Å². The molecule has 2 amide bonds. The highest BCUT2D eigenvalue weighted by molar-refractivity contribution is 6.00. The van der Waals surface area contributed by atoms with Gasteiger partial charge < -0.3 is 29.9 Å². The summed E-state index contributed by atoms with van der Waals surface area (Å²) in [6.07, 6.45) is 0.659. The van der Waals surface area contributed by atoms with Crippen LogP contribution in [-0.2, 0) is 16.0 Å². The molecule has 2 heterocycles. The van der Waals surface area contributed by atoms with Crippen LogP contribution < -0.4 is 19.7 Å². The number of nitrogens with one attached hydrogen (secondary N) is 1. The largest absolute Gasteiger partial charge is 0.504 e. The average molecular weight is 398 g/mol. The molecule has 1 saturated heterocycles. The van der Waals surface area contributed by atoms with Crippen LogP contribution in [0.15, 0.2) is 36.4 Å². The first-order chi connectivity index (χ1) is 14.0. The van der Waals surface area contributed by atoms with E-state index in [0.717, 1.165) is 5.56 Å². The first-order valence-electron chi connectivity index (χ1n) is 9.50. The van der Waals surface area contributed by atoms with Gasteiger partial charge in [-0.25, -0.2) is 0 Å². The molecule has 2 aromatic rings. The highest BCUT2D eigenvalue weighted by Gasteiger charge is 2.35. The second kappa shape index (κ2) is 7.90. The van der Waals surface area contributed by atoms with Gasteiger partial charge in [0.05, 0.1) is 5.92 Å². The molecular formula is C21H22N2O6. The Kier molecular flexibility index (Phi) is 5.16. The number of hydrogen-bond donors (Lipinski definition) is 3. The first kappa shape index (κ1) is 18.9. The number of carbonyl (C=O) groups is 2. The zero-order valence-corrected chi connectivity index (χ0v) is 15.8. The third kappa shape index (κ3) is 4.06. The summed E-state index contributed by atoms with van der Waals surface area (Å²) in [5.41, 5.74) is 1.48. The van der Waals surface area contributed by atoms with Gasteiger partial charge in [0.15, 0.2) is 23.0 Å². The predicted molar refractivity (Wildman–Crippen MR) is 104 cm³/mol. The van der Waals surface area contributed by atoms with E-state index >= 15 is 0 Å². The first-order valence-corrected chi connectivity index (χ1v) is 9.50. The lowest BCUT2D eigenvalue weighted by molar-refractivity contribution is -0.126. The maximum atomic E-state index is 12.5. The highest BCUT2D eigenvalue weighted by atomic mass is 16.6. The van der Waals surface area contributed by atoms with Gasteiger partial charge in [0.1, 0.15) is 13.2 Å². The zero-order chi connectivity index (χ0) is 20.4. The molecule has 152 valence electrons. The van der Waals surface area contributed by atoms with E-state index in [2.05, 4.69) is 5.32 Å². The SMILES string of the molecule is O=C(NCCc1ccc(O)c(O)c1)C1CC(=O)N(c2ccc3c(c2)OCCO3)C1. The van der Waals surface area contributed by atoms with Crippen molar-refractivity contribution in [2.45, 2.75) is 12.8 Å². The second-order valence-electron chi connectivity index (χ2n) is 7.10. The molecule has 4 rings (SSSR count). The summed E-state index contributed by atoms with van der Waals surface area (Å²) >= 11 is 0. The fourth-order valence-electron chi connectivity index (χ4n) is 3.53. The molecule has 0 aliphatic carbocycles. The Hall–Kier alpha value is -3.42. The molecule has 2 aromatic carbocycles. The minimum atomic E-state index is -0.427. The zero-order valence-electron chi connectivity index (χ0n) is 15.8. The Morgan fingerprint density at radius 1 is 1.07 bits per heavy atom. The standard InChI is InChI=1S/C21H22N2O6/c24-16-3-1-13(9-17(16)25)5-6-22-21(27)14-10-20(26)23(12-14)15-2-4-18-19(11-15)29-8-7-28-18/h1-4,9,11,14,24-25H,5-8,10,12H2,(H,22,27). The Bertz CT molecular complexity index is 945. The van der Waals surface area contributed by atoms with Crippen LogP contribution in [0.2, 0.25) is 0 Å². The van der Waals surface area contributed by atoms with Crippen LogP contribution in [-0.4, -0.2) is 48.3 Å². The van der Waals surface area contributed by atoms with Gasteiger partial charge in [-0.05, 0) is 36.2 Å². The van der Waals surface area contributed by atoms with Crippen molar-refractivity contribution in [3.8, 4) is 23.0 Å². The summed E-state index contributed by atoms with van der Waals surface area (Å²) in [6, 6.07) is 9.89. The molecule has 1 unspecified atom stereocenters. The molecule has 2 aliphatic heterocycles. The van der Waals surface area contributed by atoms with Crippen molar-refractivity contribution in [2.24, 2.45) is 5.92 Å². The lowest BCUT2D eigenvalue weighted by Gasteiger charge is -2.22. The summed E-state index contributed by atoms with van der Waals surface area (Å²) in [4.78, 5) is 26.5. The van der Waals surface area contributed by atoms with E-state index < -0.39 is 5.92 Å². The van der Waals surface area contributed by atoms with Crippen LogP contribution in [0.3, 0.4) is 0 Å². The number of phenols is 2. The molecule has 8 heteroatoms. The number of benzene rings is 2. The number of hydrogen-bond acceptors (Lipinski definition) is 6. The van der Waals surface area contributed by atoms with Crippen molar-refractivity contribution in [1.82, 2.24) is 5.32 Å². The molecule has 0 bridgehead atoms. The van der Waals surface area contributed by atoms with Crippen molar-refractivity contribution in [1.29, 1.82) is 0 Å². The molecule has 1 atom stereocenters. The number of ether oxygens (including phenoxy) is 2. The fourth-order valence-corrected chi connectivity index (χ4v) is 3.53. The number of rotatable bonds is 5. The van der Waals surface area contributed by atoms with Gasteiger partial charge in [-0.3, -0.25) is 9.59 Å². The van der Waals surface area contributed by atoms with Crippen LogP contribution in [0.5, 0.6) is 23.0 Å². The van der Waals surface area contributed by atoms with Crippen LogP contribution in [0.1, 0.15) is 12.0 Å². The Morgan fingerprint density at radius 3 is 2.66 bits per heavy atom. The number of carbonyl (C=O) groups excluding carboxylic acids is 2. The van der Waals surface area contributed by atoms with Gasteiger partial charge in [-0.1, -0.05) is 6.07 Å². The number of amides is 2. The van der Waals surface area contributed by atoms with Crippen molar-refractivity contribution in [3.05, 3.63) is 42.0 Å². The molecular weight excluding hydrogens is 376 g/mol. The van der Waals surface area contributed by atoms with E-state index in [9.17, 15) is 19.8 Å². The van der Waals surface area contributed by atoms with Crippen LogP contribution >= 0.6 is 0 Å². The second-order valence-corrected chi connectivity index (χ2v) is 7.10. The molecule has 3 N–H and O–H groups in total. The predicted octanol–water partition coefficient (Wildman–Crippen LogP) is 1.58. The van der Waals surface area contributed by atoms with E-state index in [1.54, 1.807) is 29.2 Å². The van der Waals surface area contributed by atoms with Gasteiger partial charge in [0, 0.05) is 31.3 Å². The van der Waals surface area contributed by atoms with E-state index in [1.165, 1.54) is 12.1 Å². The normalized spacial score (nSPS) is 18.0. The fraction of sp³-hybridized carbons (Fsp3) is 0.333. The molecule has 0 radical (unpaired) electrons. The Labute approximate surface area is 167 Å². The van der Waals surface area contributed by atoms with Crippen molar-refractivity contribution in [2.75, 3.05) is 31.2 Å².